The Kier molecular flexibility index (Phi) is 15.8. The number of benzene rings is 18. The minimum atomic E-state index is 0.512. The van der Waals surface area contributed by atoms with E-state index in [-0.39, 0.29) is 0 Å². The van der Waals surface area contributed by atoms with Crippen molar-refractivity contribution in [2.24, 2.45) is 0 Å². The van der Waals surface area contributed by atoms with E-state index < -0.39 is 0 Å². The van der Waals surface area contributed by atoms with Crippen LogP contribution in [0.5, 0.6) is 0 Å². The van der Waals surface area contributed by atoms with Crippen LogP contribution in [0.1, 0.15) is 0 Å². The minimum absolute atomic E-state index is 0.512. The maximum Gasteiger partial charge on any atom is 0.238 e. The molecule has 0 aliphatic rings. The van der Waals surface area contributed by atoms with E-state index >= 15 is 0 Å². The average Bonchev–Trinajstić information content (AvgIpc) is 1.46. The molecule has 8 heterocycles. The predicted octanol–water partition coefficient (Wildman–Crippen LogP) is 28.3. The van der Waals surface area contributed by atoms with Crippen molar-refractivity contribution < 1.29 is 0 Å². The van der Waals surface area contributed by atoms with Crippen molar-refractivity contribution in [1.82, 2.24) is 57.3 Å². The summed E-state index contributed by atoms with van der Waals surface area (Å²) < 4.78 is 14.2. The summed E-state index contributed by atoms with van der Waals surface area (Å²) in [5.74, 6) is 3.28. The highest BCUT2D eigenvalue weighted by Crippen LogP contribution is 2.48. The molecule has 0 saturated carbocycles. The van der Waals surface area contributed by atoms with Gasteiger partial charge in [-0.25, -0.2) is 9.97 Å². The van der Waals surface area contributed by atoms with Crippen LogP contribution in [0.3, 0.4) is 0 Å². The van der Waals surface area contributed by atoms with Gasteiger partial charge in [-0.3, -0.25) is 9.13 Å². The van der Waals surface area contributed by atoms with Crippen molar-refractivity contribution in [2.75, 3.05) is 0 Å². The van der Waals surface area contributed by atoms with Gasteiger partial charge in [-0.05, 0) is 125 Å². The molecule has 12 nitrogen and oxygen atoms in total. The largest absolute Gasteiger partial charge is 0.309 e. The fourth-order valence-corrected chi connectivity index (χ4v) is 20.0. The first-order valence-corrected chi connectivity index (χ1v) is 42.7. The molecule has 0 unspecified atom stereocenters. The quantitative estimate of drug-likeness (QED) is 0.114. The maximum absolute atomic E-state index is 5.69. The van der Waals surface area contributed by atoms with Crippen LogP contribution in [-0.2, 0) is 0 Å². The number of hydrogen-bond acceptors (Lipinski definition) is 6. The van der Waals surface area contributed by atoms with Crippen molar-refractivity contribution >= 4 is 131 Å². The van der Waals surface area contributed by atoms with Crippen molar-refractivity contribution in [1.29, 1.82) is 0 Å². The molecule has 8 aromatic heterocycles. The van der Waals surface area contributed by atoms with Gasteiger partial charge in [-0.1, -0.05) is 328 Å². The zero-order valence-electron chi connectivity index (χ0n) is 67.8. The van der Waals surface area contributed by atoms with Crippen molar-refractivity contribution in [3.63, 3.8) is 0 Å². The lowest BCUT2D eigenvalue weighted by Gasteiger charge is -2.17. The van der Waals surface area contributed by atoms with E-state index in [4.69, 9.17) is 29.9 Å². The molecule has 0 aliphatic carbocycles. The Morgan fingerprint density at radius 2 is 0.429 bits per heavy atom. The van der Waals surface area contributed by atoms with Gasteiger partial charge < -0.3 is 18.3 Å². The van der Waals surface area contributed by atoms with E-state index in [1.165, 1.54) is 5.39 Å². The van der Waals surface area contributed by atoms with Gasteiger partial charge in [0, 0.05) is 110 Å². The van der Waals surface area contributed by atoms with E-state index in [0.717, 1.165) is 204 Å². The van der Waals surface area contributed by atoms with E-state index in [2.05, 4.69) is 416 Å². The van der Waals surface area contributed by atoms with Crippen LogP contribution >= 0.6 is 0 Å². The molecule has 586 valence electrons. The molecule has 26 rings (SSSR count). The average molecular weight is 1610 g/mol. The molecule has 0 bridgehead atoms. The second kappa shape index (κ2) is 28.2. The Labute approximate surface area is 721 Å². The van der Waals surface area contributed by atoms with E-state index in [1.807, 2.05) is 36.4 Å². The third-order valence-corrected chi connectivity index (χ3v) is 25.5. The molecule has 0 amide bonds. The number of rotatable bonds is 13. The van der Waals surface area contributed by atoms with Gasteiger partial charge in [0.15, 0.2) is 23.3 Å². The summed E-state index contributed by atoms with van der Waals surface area (Å²) in [4.78, 5) is 33.3. The molecule has 0 fully saturated rings. The number of hydrogen-bond donors (Lipinski definition) is 0. The SMILES string of the molecule is c1ccc(-c2cccc(-n3c4ccccc4c4ccc5c6ccccc6n(-c6nc(-c7ccccc7)nc(-c7ccc8c9ccccc9n(-c9cccc(-c%10cccc(-c%11ccccc%11-n%11c%12ccccc%12c%12ccc%13c%14ccccc%14n(-c%14nc(-c%15ccccc%15)nc(-c%15ccc%16c%17ccccc%17n(-c%17ccccc%17)c%16c%15)n%14)c%13c%12%11)c%10)c9)c8c7)n6)c5c43)c2)cc1. The van der Waals surface area contributed by atoms with Crippen molar-refractivity contribution in [3.8, 4) is 114 Å². The van der Waals surface area contributed by atoms with Gasteiger partial charge in [0.05, 0.1) is 71.9 Å². The smallest absolute Gasteiger partial charge is 0.238 e. The number of fused-ring (bicyclic) bond motifs is 20. The van der Waals surface area contributed by atoms with Crippen LogP contribution in [0.25, 0.3) is 244 Å². The lowest BCUT2D eigenvalue weighted by molar-refractivity contribution is 0.953. The van der Waals surface area contributed by atoms with Gasteiger partial charge >= 0.3 is 0 Å². The lowest BCUT2D eigenvalue weighted by atomic mass is 9.97. The van der Waals surface area contributed by atoms with Crippen LogP contribution in [-0.4, -0.2) is 57.3 Å². The molecular formula is C114H70N12. The molecule has 126 heavy (non-hydrogen) atoms. The van der Waals surface area contributed by atoms with Gasteiger partial charge in [-0.2, -0.15) is 19.9 Å². The fraction of sp³-hybridized carbons (Fsp3) is 0. The first-order chi connectivity index (χ1) is 62.5. The summed E-state index contributed by atoms with van der Waals surface area (Å²) in [7, 11) is 0. The molecule has 18 aromatic carbocycles. The van der Waals surface area contributed by atoms with E-state index in [0.29, 0.717) is 35.2 Å². The normalized spacial score (nSPS) is 12.0. The maximum atomic E-state index is 5.69. The van der Waals surface area contributed by atoms with Crippen molar-refractivity contribution in [2.45, 2.75) is 0 Å². The third kappa shape index (κ3) is 11.0. The fourth-order valence-electron chi connectivity index (χ4n) is 20.0. The highest BCUT2D eigenvalue weighted by molar-refractivity contribution is 6.26. The highest BCUT2D eigenvalue weighted by atomic mass is 15.2. The first-order valence-electron chi connectivity index (χ1n) is 42.7. The lowest BCUT2D eigenvalue weighted by Crippen LogP contribution is -2.07. The molecule has 0 spiro atoms. The van der Waals surface area contributed by atoms with Gasteiger partial charge in [0.2, 0.25) is 11.9 Å². The first kappa shape index (κ1) is 70.6. The van der Waals surface area contributed by atoms with Gasteiger partial charge in [0.25, 0.3) is 0 Å². The number of aromatic nitrogens is 12. The molecule has 0 saturated heterocycles. The Morgan fingerprint density at radius 3 is 0.897 bits per heavy atom. The summed E-state index contributed by atoms with van der Waals surface area (Å²) >= 11 is 0. The van der Waals surface area contributed by atoms with E-state index in [9.17, 15) is 0 Å². The Bertz CT molecular complexity index is 8980. The van der Waals surface area contributed by atoms with Crippen LogP contribution < -0.4 is 0 Å². The predicted molar refractivity (Wildman–Crippen MR) is 517 cm³/mol. The number of nitrogens with zero attached hydrogens (tertiary/aromatic N) is 12. The van der Waals surface area contributed by atoms with Crippen LogP contribution in [0.4, 0.5) is 0 Å². The molecule has 12 heteroatoms. The molecule has 0 aliphatic heterocycles. The summed E-state index contributed by atoms with van der Waals surface area (Å²) in [6, 6.07) is 152. The summed E-state index contributed by atoms with van der Waals surface area (Å²) in [6.07, 6.45) is 0. The second-order valence-electron chi connectivity index (χ2n) is 32.5. The Hall–Kier alpha value is -17.2. The Morgan fingerprint density at radius 1 is 0.143 bits per heavy atom. The third-order valence-electron chi connectivity index (χ3n) is 25.5. The molecule has 0 atom stereocenters. The van der Waals surface area contributed by atoms with Gasteiger partial charge in [-0.15, -0.1) is 0 Å². The number of para-hydroxylation sites is 8. The summed E-state index contributed by atoms with van der Waals surface area (Å²) in [5.41, 5.74) is 26.8. The van der Waals surface area contributed by atoms with Crippen LogP contribution in [0.2, 0.25) is 0 Å². The summed E-state index contributed by atoms with van der Waals surface area (Å²) in [5, 5.41) is 13.5. The summed E-state index contributed by atoms with van der Waals surface area (Å²) in [6.45, 7) is 0. The molecular weight excluding hydrogens is 1540 g/mol. The van der Waals surface area contributed by atoms with Crippen molar-refractivity contribution in [3.05, 3.63) is 425 Å². The zero-order valence-corrected chi connectivity index (χ0v) is 67.8. The topological polar surface area (TPSA) is 107 Å². The van der Waals surface area contributed by atoms with Crippen LogP contribution in [0.15, 0.2) is 425 Å². The van der Waals surface area contributed by atoms with E-state index in [1.54, 1.807) is 0 Å². The Balaban J connectivity index is 0.620. The molecule has 0 N–H and O–H groups in total. The molecule has 0 radical (unpaired) electrons. The monoisotopic (exact) mass is 1610 g/mol. The highest BCUT2D eigenvalue weighted by Gasteiger charge is 2.29. The van der Waals surface area contributed by atoms with Gasteiger partial charge in [0.1, 0.15) is 0 Å². The second-order valence-corrected chi connectivity index (χ2v) is 32.5. The zero-order chi connectivity index (χ0) is 82.6. The molecule has 26 aromatic rings. The minimum Gasteiger partial charge on any atom is -0.309 e. The van der Waals surface area contributed by atoms with Crippen LogP contribution in [0, 0.1) is 0 Å². The standard InChI is InChI=1S/C114H70N12/c1-5-30-71(31-6-1)75-37-28-43-82(67-75)123-99-54-23-16-47-86(99)92-62-64-94-88-49-18-25-56-101(88)125(107(94)105(92)123)113-117-109(72-32-7-2-8-33-72)116-112(119-113)79-59-61-91-85-46-15-22-53-98(85)122(104(91)70-79)81-42-29-38-76(68-81)74-36-27-39-77(66-74)83-44-13-20-51-96(83)124-100-55-24-17-48-87(100)93-63-65-95-89-50-19-26-57-102(89)126(108(95)106(93)124)114-118-110(73-34-9-3-10-35-73)115-111(120-114)78-58-60-90-84-45-14-21-52-97(84)121(103(90)69-78)80-40-11-4-12-41-80/h1-70H.